The van der Waals surface area contributed by atoms with Crippen LogP contribution in [0.3, 0.4) is 0 Å². The standard InChI is InChI=1S/C10H7N5O3/c16-8-3-6-1-2-7(15(17)18)4-9(6)10-11-12-13-14(10)5-8/h1-2,4H,3,5H2. The number of tetrazole rings is 1. The van der Waals surface area contributed by atoms with Crippen LogP contribution in [0.25, 0.3) is 11.4 Å². The fraction of sp³-hybridized carbons (Fsp3) is 0.200. The molecule has 1 aliphatic heterocycles. The van der Waals surface area contributed by atoms with Gasteiger partial charge in [0, 0.05) is 24.1 Å². The zero-order chi connectivity index (χ0) is 12.7. The molecule has 0 fully saturated rings. The number of fused-ring (bicyclic) bond motifs is 3. The summed E-state index contributed by atoms with van der Waals surface area (Å²) in [5, 5.41) is 21.8. The Morgan fingerprint density at radius 2 is 2.22 bits per heavy atom. The molecule has 0 spiro atoms. The number of carbonyl (C=O) groups excluding carboxylic acids is 1. The Morgan fingerprint density at radius 1 is 1.39 bits per heavy atom. The van der Waals surface area contributed by atoms with Gasteiger partial charge in [-0.1, -0.05) is 6.07 Å². The molecule has 2 heterocycles. The maximum Gasteiger partial charge on any atom is 0.270 e. The van der Waals surface area contributed by atoms with Crippen molar-refractivity contribution in [1.29, 1.82) is 0 Å². The summed E-state index contributed by atoms with van der Waals surface area (Å²) in [5.41, 5.74) is 1.21. The van der Waals surface area contributed by atoms with Crippen molar-refractivity contribution in [2.75, 3.05) is 0 Å². The van der Waals surface area contributed by atoms with Crippen LogP contribution in [-0.2, 0) is 17.8 Å². The first-order valence-corrected chi connectivity index (χ1v) is 5.21. The molecule has 0 saturated carbocycles. The van der Waals surface area contributed by atoms with E-state index in [0.29, 0.717) is 17.0 Å². The largest absolute Gasteiger partial charge is 0.297 e. The Labute approximate surface area is 100 Å². The first-order chi connectivity index (χ1) is 8.65. The molecule has 1 aliphatic rings. The molecule has 1 aromatic carbocycles. The maximum atomic E-state index is 11.7. The van der Waals surface area contributed by atoms with Gasteiger partial charge in [-0.2, -0.15) is 0 Å². The molecule has 0 amide bonds. The number of nitro groups is 1. The van der Waals surface area contributed by atoms with Crippen molar-refractivity contribution in [3.63, 3.8) is 0 Å². The van der Waals surface area contributed by atoms with Gasteiger partial charge in [0.2, 0.25) is 0 Å². The molecule has 0 unspecified atom stereocenters. The number of hydrogen-bond donors (Lipinski definition) is 0. The molecule has 1 aromatic heterocycles. The van der Waals surface area contributed by atoms with Crippen molar-refractivity contribution < 1.29 is 9.72 Å². The smallest absolute Gasteiger partial charge is 0.270 e. The lowest BCUT2D eigenvalue weighted by Gasteiger charge is -2.02. The molecule has 90 valence electrons. The number of nitro benzene ring substituents is 1. The van der Waals surface area contributed by atoms with E-state index in [1.54, 1.807) is 6.07 Å². The second-order valence-corrected chi connectivity index (χ2v) is 3.97. The SMILES string of the molecule is O=C1Cc2ccc([N+](=O)[O-])cc2-c2nnnn2C1. The lowest BCUT2D eigenvalue weighted by molar-refractivity contribution is -0.384. The van der Waals surface area contributed by atoms with Gasteiger partial charge in [0.25, 0.3) is 5.69 Å². The van der Waals surface area contributed by atoms with E-state index < -0.39 is 4.92 Å². The Bertz CT molecular complexity index is 663. The second-order valence-electron chi connectivity index (χ2n) is 3.97. The Balaban J connectivity index is 2.25. The van der Waals surface area contributed by atoms with Crippen molar-refractivity contribution >= 4 is 11.5 Å². The average molecular weight is 245 g/mol. The third-order valence-corrected chi connectivity index (χ3v) is 2.79. The fourth-order valence-electron chi connectivity index (χ4n) is 1.98. The van der Waals surface area contributed by atoms with E-state index in [2.05, 4.69) is 15.5 Å². The number of hydrogen-bond acceptors (Lipinski definition) is 6. The number of Topliss-reactive ketones (excluding diaryl/α,β-unsaturated/α-hetero) is 1. The van der Waals surface area contributed by atoms with Crippen molar-refractivity contribution in [3.05, 3.63) is 33.9 Å². The van der Waals surface area contributed by atoms with Crippen LogP contribution in [0.1, 0.15) is 5.56 Å². The van der Waals surface area contributed by atoms with Gasteiger partial charge in [0.1, 0.15) is 6.54 Å². The zero-order valence-corrected chi connectivity index (χ0v) is 9.11. The van der Waals surface area contributed by atoms with Crippen LogP contribution in [-0.4, -0.2) is 30.9 Å². The molecule has 8 heteroatoms. The number of aromatic nitrogens is 4. The van der Waals surface area contributed by atoms with E-state index in [1.165, 1.54) is 16.8 Å². The molecule has 0 saturated heterocycles. The van der Waals surface area contributed by atoms with Crippen molar-refractivity contribution in [2.45, 2.75) is 13.0 Å². The molecule has 2 aromatic rings. The molecule has 8 nitrogen and oxygen atoms in total. The summed E-state index contributed by atoms with van der Waals surface area (Å²) >= 11 is 0. The van der Waals surface area contributed by atoms with E-state index in [-0.39, 0.29) is 24.4 Å². The number of ketones is 1. The number of nitrogens with zero attached hydrogens (tertiary/aromatic N) is 5. The Hall–Kier alpha value is -2.64. The molecule has 0 aliphatic carbocycles. The number of benzene rings is 1. The molecule has 0 bridgehead atoms. The van der Waals surface area contributed by atoms with Gasteiger partial charge in [0.15, 0.2) is 11.6 Å². The first kappa shape index (κ1) is 10.5. The minimum Gasteiger partial charge on any atom is -0.297 e. The minimum absolute atomic E-state index is 0.0313. The van der Waals surface area contributed by atoms with Crippen LogP contribution in [0.2, 0.25) is 0 Å². The summed E-state index contributed by atoms with van der Waals surface area (Å²) < 4.78 is 1.36. The predicted octanol–water partition coefficient (Wildman–Crippen LogP) is 0.373. The highest BCUT2D eigenvalue weighted by molar-refractivity contribution is 5.85. The van der Waals surface area contributed by atoms with E-state index in [1.807, 2.05) is 0 Å². The van der Waals surface area contributed by atoms with E-state index in [9.17, 15) is 14.9 Å². The van der Waals surface area contributed by atoms with Gasteiger partial charge < -0.3 is 0 Å². The van der Waals surface area contributed by atoms with Crippen molar-refractivity contribution in [2.24, 2.45) is 0 Å². The zero-order valence-electron chi connectivity index (χ0n) is 9.11. The van der Waals surface area contributed by atoms with Gasteiger partial charge in [-0.3, -0.25) is 14.9 Å². The number of carbonyl (C=O) groups is 1. The lowest BCUT2D eigenvalue weighted by atomic mass is 10.0. The number of rotatable bonds is 1. The summed E-state index contributed by atoms with van der Waals surface area (Å²) in [5.74, 6) is 0.357. The molecular weight excluding hydrogens is 238 g/mol. The van der Waals surface area contributed by atoms with Gasteiger partial charge in [-0.25, -0.2) is 4.68 Å². The van der Waals surface area contributed by atoms with E-state index in [0.717, 1.165) is 0 Å². The van der Waals surface area contributed by atoms with Gasteiger partial charge in [-0.15, -0.1) is 5.10 Å². The quantitative estimate of drug-likeness (QED) is 0.531. The monoisotopic (exact) mass is 245 g/mol. The highest BCUT2D eigenvalue weighted by Crippen LogP contribution is 2.28. The van der Waals surface area contributed by atoms with Crippen molar-refractivity contribution in [1.82, 2.24) is 20.2 Å². The summed E-state index contributed by atoms with van der Waals surface area (Å²) in [4.78, 5) is 22.0. The number of non-ortho nitro benzene ring substituents is 1. The topological polar surface area (TPSA) is 104 Å². The highest BCUT2D eigenvalue weighted by Gasteiger charge is 2.23. The van der Waals surface area contributed by atoms with Gasteiger partial charge in [-0.05, 0) is 16.0 Å². The van der Waals surface area contributed by atoms with E-state index in [4.69, 9.17) is 0 Å². The average Bonchev–Trinajstić information content (AvgIpc) is 2.72. The summed E-state index contributed by atoms with van der Waals surface area (Å²) in [7, 11) is 0. The van der Waals surface area contributed by atoms with Crippen LogP contribution in [0.15, 0.2) is 18.2 Å². The summed E-state index contributed by atoms with van der Waals surface area (Å²) in [6.07, 6.45) is 0.221. The van der Waals surface area contributed by atoms with Gasteiger partial charge in [0.05, 0.1) is 4.92 Å². The van der Waals surface area contributed by atoms with Crippen LogP contribution in [0, 0.1) is 10.1 Å². The molecular formula is C10H7N5O3. The minimum atomic E-state index is -0.485. The van der Waals surface area contributed by atoms with Crippen LogP contribution in [0.5, 0.6) is 0 Å². The predicted molar refractivity (Wildman–Crippen MR) is 58.6 cm³/mol. The fourth-order valence-corrected chi connectivity index (χ4v) is 1.98. The maximum absolute atomic E-state index is 11.7. The van der Waals surface area contributed by atoms with E-state index >= 15 is 0 Å². The summed E-state index contributed by atoms with van der Waals surface area (Å²) in [6, 6.07) is 4.36. The molecule has 0 atom stereocenters. The lowest BCUT2D eigenvalue weighted by Crippen LogP contribution is -2.11. The third kappa shape index (κ3) is 1.54. The summed E-state index contributed by atoms with van der Waals surface area (Å²) in [6.45, 7) is 0.0881. The van der Waals surface area contributed by atoms with Crippen LogP contribution in [0.4, 0.5) is 5.69 Å². The Kier molecular flexibility index (Phi) is 2.15. The molecule has 0 radical (unpaired) electrons. The molecule has 18 heavy (non-hydrogen) atoms. The second kappa shape index (κ2) is 3.69. The Morgan fingerprint density at radius 3 is 3.00 bits per heavy atom. The molecule has 0 N–H and O–H groups in total. The normalized spacial score (nSPS) is 13.7. The third-order valence-electron chi connectivity index (χ3n) is 2.79. The van der Waals surface area contributed by atoms with Crippen LogP contribution < -0.4 is 0 Å². The van der Waals surface area contributed by atoms with Crippen LogP contribution >= 0.6 is 0 Å². The first-order valence-electron chi connectivity index (χ1n) is 5.21. The van der Waals surface area contributed by atoms with Crippen molar-refractivity contribution in [3.8, 4) is 11.4 Å². The van der Waals surface area contributed by atoms with Gasteiger partial charge >= 0.3 is 0 Å². The highest BCUT2D eigenvalue weighted by atomic mass is 16.6. The molecule has 3 rings (SSSR count).